The van der Waals surface area contributed by atoms with Gasteiger partial charge in [-0.2, -0.15) is 0 Å². The van der Waals surface area contributed by atoms with Crippen LogP contribution in [0.1, 0.15) is 22.6 Å². The van der Waals surface area contributed by atoms with Crippen molar-refractivity contribution in [3.63, 3.8) is 0 Å². The van der Waals surface area contributed by atoms with Gasteiger partial charge in [-0.3, -0.25) is 0 Å². The van der Waals surface area contributed by atoms with Gasteiger partial charge in [0.2, 0.25) is 5.88 Å². The lowest BCUT2D eigenvalue weighted by molar-refractivity contribution is 0.437. The number of aromatic hydroxyl groups is 1. The molecule has 8 rings (SSSR count). The van der Waals surface area contributed by atoms with Gasteiger partial charge in [-0.15, -0.1) is 5.10 Å². The average Bonchev–Trinajstić information content (AvgIpc) is 3.40. The summed E-state index contributed by atoms with van der Waals surface area (Å²) in [6, 6.07) is 34.4. The normalized spacial score (nSPS) is 14.4. The van der Waals surface area contributed by atoms with Gasteiger partial charge in [0.05, 0.1) is 11.1 Å². The fraction of sp³-hybridized carbons (Fsp3) is 0.0312. The van der Waals surface area contributed by atoms with Gasteiger partial charge in [-0.25, -0.2) is 14.5 Å². The van der Waals surface area contributed by atoms with E-state index in [1.807, 2.05) is 60.7 Å². The molecule has 180 valence electrons. The molecule has 5 aromatic carbocycles. The van der Waals surface area contributed by atoms with Gasteiger partial charge >= 0.3 is 0 Å². The molecule has 0 radical (unpaired) electrons. The number of phenols is 1. The Kier molecular flexibility index (Phi) is 4.34. The van der Waals surface area contributed by atoms with E-state index in [0.29, 0.717) is 22.9 Å². The monoisotopic (exact) mass is 492 g/mol. The van der Waals surface area contributed by atoms with E-state index >= 15 is 0 Å². The molecule has 1 aliphatic rings. The molecule has 0 fully saturated rings. The molecule has 0 aliphatic carbocycles. The first-order valence-electron chi connectivity index (χ1n) is 12.5. The van der Waals surface area contributed by atoms with Crippen LogP contribution < -0.4 is 4.74 Å². The Morgan fingerprint density at radius 2 is 1.50 bits per heavy atom. The van der Waals surface area contributed by atoms with Crippen LogP contribution in [0.2, 0.25) is 0 Å². The molecule has 1 aliphatic heterocycles. The highest BCUT2D eigenvalue weighted by molar-refractivity contribution is 5.92. The maximum Gasteiger partial charge on any atom is 0.228 e. The number of hydrogen-bond acceptors (Lipinski definition) is 5. The van der Waals surface area contributed by atoms with Crippen LogP contribution in [0.25, 0.3) is 38.6 Å². The second kappa shape index (κ2) is 7.88. The molecule has 0 saturated carbocycles. The first-order valence-corrected chi connectivity index (χ1v) is 12.5. The third kappa shape index (κ3) is 3.04. The molecule has 0 bridgehead atoms. The van der Waals surface area contributed by atoms with Crippen LogP contribution in [0.15, 0.2) is 109 Å². The maximum atomic E-state index is 10.9. The zero-order valence-corrected chi connectivity index (χ0v) is 20.1. The van der Waals surface area contributed by atoms with E-state index in [2.05, 4.69) is 41.4 Å². The summed E-state index contributed by atoms with van der Waals surface area (Å²) in [5.74, 6) is 1.73. The molecule has 0 unspecified atom stereocenters. The van der Waals surface area contributed by atoms with Crippen molar-refractivity contribution in [2.45, 2.75) is 5.92 Å². The standard InChI is InChI=1S/C32H20N4O2/c37-26-17-22-12-5-4-11-21(22)16-25(26)30-34-31-28-27(20-9-2-1-3-10-20)24-15-14-19-8-6-7-13-23(19)29(24)38-32(28)33-18-36(31)35-30/h1-18,27,37H/t27-/m1/s1. The number of ether oxygens (including phenoxy) is 1. The summed E-state index contributed by atoms with van der Waals surface area (Å²) in [7, 11) is 0. The van der Waals surface area contributed by atoms with Crippen LogP contribution in [0.5, 0.6) is 17.4 Å². The third-order valence-electron chi connectivity index (χ3n) is 7.33. The zero-order valence-electron chi connectivity index (χ0n) is 20.1. The quantitative estimate of drug-likeness (QED) is 0.279. The van der Waals surface area contributed by atoms with E-state index in [0.717, 1.165) is 44.0 Å². The molecule has 6 heteroatoms. The highest BCUT2D eigenvalue weighted by Crippen LogP contribution is 2.50. The predicted molar refractivity (Wildman–Crippen MR) is 147 cm³/mol. The second-order valence-electron chi connectivity index (χ2n) is 9.53. The summed E-state index contributed by atoms with van der Waals surface area (Å²) in [6.45, 7) is 0. The van der Waals surface area contributed by atoms with Gasteiger partial charge < -0.3 is 9.84 Å². The highest BCUT2D eigenvalue weighted by Gasteiger charge is 2.34. The summed E-state index contributed by atoms with van der Waals surface area (Å²) in [6.07, 6.45) is 1.63. The molecule has 6 nitrogen and oxygen atoms in total. The Balaban J connectivity index is 1.39. The van der Waals surface area contributed by atoms with Crippen molar-refractivity contribution in [2.75, 3.05) is 0 Å². The van der Waals surface area contributed by atoms with E-state index in [1.54, 1.807) is 16.9 Å². The van der Waals surface area contributed by atoms with E-state index in [1.165, 1.54) is 0 Å². The summed E-state index contributed by atoms with van der Waals surface area (Å²) >= 11 is 0. The first-order chi connectivity index (χ1) is 18.7. The second-order valence-corrected chi connectivity index (χ2v) is 9.53. The Morgan fingerprint density at radius 1 is 0.763 bits per heavy atom. The number of benzene rings is 5. The fourth-order valence-electron chi connectivity index (χ4n) is 5.56. The smallest absolute Gasteiger partial charge is 0.228 e. The van der Waals surface area contributed by atoms with Crippen molar-refractivity contribution >= 4 is 27.2 Å². The number of hydrogen-bond donors (Lipinski definition) is 1. The number of rotatable bonds is 2. The third-order valence-corrected chi connectivity index (χ3v) is 7.33. The van der Waals surface area contributed by atoms with E-state index < -0.39 is 0 Å². The number of phenolic OH excluding ortho intramolecular Hbond substituents is 1. The van der Waals surface area contributed by atoms with Crippen molar-refractivity contribution in [2.24, 2.45) is 0 Å². The molecule has 38 heavy (non-hydrogen) atoms. The largest absolute Gasteiger partial charge is 0.507 e. The average molecular weight is 493 g/mol. The molecule has 3 heterocycles. The Bertz CT molecular complexity index is 2030. The van der Waals surface area contributed by atoms with Crippen LogP contribution in [-0.4, -0.2) is 24.7 Å². The molecule has 1 atom stereocenters. The van der Waals surface area contributed by atoms with Crippen LogP contribution in [0, 0.1) is 0 Å². The summed E-state index contributed by atoms with van der Waals surface area (Å²) in [4.78, 5) is 9.63. The Hall–Kier alpha value is -5.23. The predicted octanol–water partition coefficient (Wildman–Crippen LogP) is 7.09. The van der Waals surface area contributed by atoms with Crippen LogP contribution in [-0.2, 0) is 0 Å². The SMILES string of the molecule is Oc1cc2ccccc2cc1-c1nc2c3c(ncn2n1)Oc1c(ccc2ccccc12)[C@H]3c1ccccc1. The van der Waals surface area contributed by atoms with Crippen molar-refractivity contribution in [3.8, 4) is 28.8 Å². The lowest BCUT2D eigenvalue weighted by atomic mass is 9.83. The lowest BCUT2D eigenvalue weighted by Crippen LogP contribution is -2.15. The topological polar surface area (TPSA) is 72.5 Å². The molecule has 1 N–H and O–H groups in total. The van der Waals surface area contributed by atoms with Gasteiger partial charge in [0, 0.05) is 16.9 Å². The van der Waals surface area contributed by atoms with Gasteiger partial charge in [-0.1, -0.05) is 91.0 Å². The van der Waals surface area contributed by atoms with E-state index in [-0.39, 0.29) is 11.7 Å². The van der Waals surface area contributed by atoms with E-state index in [9.17, 15) is 5.11 Å². The van der Waals surface area contributed by atoms with Gasteiger partial charge in [-0.05, 0) is 33.9 Å². The summed E-state index contributed by atoms with van der Waals surface area (Å²) in [5.41, 5.74) is 4.23. The lowest BCUT2D eigenvalue weighted by Gasteiger charge is -2.28. The minimum Gasteiger partial charge on any atom is -0.507 e. The van der Waals surface area contributed by atoms with Gasteiger partial charge in [0.15, 0.2) is 11.5 Å². The van der Waals surface area contributed by atoms with Crippen molar-refractivity contribution in [1.82, 2.24) is 19.6 Å². The summed E-state index contributed by atoms with van der Waals surface area (Å²) < 4.78 is 8.18. The van der Waals surface area contributed by atoms with Crippen molar-refractivity contribution in [3.05, 3.63) is 126 Å². The Morgan fingerprint density at radius 3 is 2.34 bits per heavy atom. The molecule has 0 amide bonds. The van der Waals surface area contributed by atoms with Gasteiger partial charge in [0.25, 0.3) is 0 Å². The van der Waals surface area contributed by atoms with Gasteiger partial charge in [0.1, 0.15) is 17.8 Å². The molecule has 0 spiro atoms. The molecule has 2 aromatic heterocycles. The fourth-order valence-corrected chi connectivity index (χ4v) is 5.56. The minimum atomic E-state index is -0.155. The van der Waals surface area contributed by atoms with Crippen molar-refractivity contribution in [1.29, 1.82) is 0 Å². The van der Waals surface area contributed by atoms with Crippen LogP contribution >= 0.6 is 0 Å². The molecule has 0 saturated heterocycles. The Labute approximate surface area is 217 Å². The number of aromatic nitrogens is 4. The molecule has 7 aromatic rings. The number of nitrogens with zero attached hydrogens (tertiary/aromatic N) is 4. The molecular weight excluding hydrogens is 472 g/mol. The first kappa shape index (κ1) is 20.9. The van der Waals surface area contributed by atoms with Crippen LogP contribution in [0.3, 0.4) is 0 Å². The van der Waals surface area contributed by atoms with Crippen molar-refractivity contribution < 1.29 is 9.84 Å². The van der Waals surface area contributed by atoms with Crippen LogP contribution in [0.4, 0.5) is 0 Å². The summed E-state index contributed by atoms with van der Waals surface area (Å²) in [5, 5.41) is 19.7. The molecular formula is C32H20N4O2. The van der Waals surface area contributed by atoms with E-state index in [4.69, 9.17) is 14.8 Å². The highest BCUT2D eigenvalue weighted by atomic mass is 16.5. The zero-order chi connectivity index (χ0) is 25.2. The maximum absolute atomic E-state index is 10.9. The minimum absolute atomic E-state index is 0.133. The number of fused-ring (bicyclic) bond motifs is 7.